The fourth-order valence-electron chi connectivity index (χ4n) is 3.56. The molecule has 0 bridgehead atoms. The Hall–Kier alpha value is -3.63. The van der Waals surface area contributed by atoms with Crippen molar-refractivity contribution in [2.24, 2.45) is 0 Å². The van der Waals surface area contributed by atoms with E-state index < -0.39 is 0 Å². The van der Waals surface area contributed by atoms with Crippen LogP contribution in [0.4, 0.5) is 0 Å². The lowest BCUT2D eigenvalue weighted by Crippen LogP contribution is -2.00. The van der Waals surface area contributed by atoms with Crippen LogP contribution in [0.1, 0.15) is 27.9 Å². The monoisotopic (exact) mass is 411 g/mol. The molecule has 156 valence electrons. The number of nitrogens with zero attached hydrogens (tertiary/aromatic N) is 1. The van der Waals surface area contributed by atoms with Gasteiger partial charge in [-0.05, 0) is 42.3 Å². The third-order valence-electron chi connectivity index (χ3n) is 5.13. The van der Waals surface area contributed by atoms with Crippen LogP contribution in [-0.2, 0) is 16.1 Å². The number of fused-ring (bicyclic) bond motifs is 1. The number of ether oxygens (including phenoxy) is 2. The van der Waals surface area contributed by atoms with Crippen LogP contribution in [0, 0.1) is 0 Å². The molecule has 4 heteroatoms. The second kappa shape index (κ2) is 9.92. The van der Waals surface area contributed by atoms with Crippen molar-refractivity contribution >= 4 is 22.9 Å². The molecule has 0 unspecified atom stereocenters. The fraction of sp³-hybridized carbons (Fsp3) is 0.148. The molecule has 0 radical (unpaired) electrons. The quantitative estimate of drug-likeness (QED) is 0.262. The number of carbonyl (C=O) groups is 1. The van der Waals surface area contributed by atoms with Gasteiger partial charge in [-0.25, -0.2) is 4.79 Å². The number of carbonyl (C=O) groups excluding carboxylic acids is 1. The molecule has 0 saturated heterocycles. The first kappa shape index (κ1) is 20.6. The number of esters is 1. The van der Waals surface area contributed by atoms with Crippen LogP contribution in [0.5, 0.6) is 0 Å². The highest BCUT2D eigenvalue weighted by Gasteiger charge is 2.12. The maximum absolute atomic E-state index is 12.0. The standard InChI is InChI=1S/C27H25NO3/c1-30-27(29)22-15-16-26-25(18-22)23(19-28(26)24-13-6-3-7-14-24)12-8-9-17-31-20-21-10-4-2-5-11-21/h2-8,10-16,18-19H,9,17,20H2,1H3/b12-8+. The lowest BCUT2D eigenvalue weighted by atomic mass is 10.1. The summed E-state index contributed by atoms with van der Waals surface area (Å²) in [6.45, 7) is 1.26. The zero-order valence-corrected chi connectivity index (χ0v) is 17.5. The normalized spacial score (nSPS) is 11.3. The Bertz CT molecular complexity index is 1180. The van der Waals surface area contributed by atoms with Crippen LogP contribution in [0.15, 0.2) is 91.1 Å². The highest BCUT2D eigenvalue weighted by atomic mass is 16.5. The Labute approximate surface area is 182 Å². The summed E-state index contributed by atoms with van der Waals surface area (Å²) >= 11 is 0. The van der Waals surface area contributed by atoms with Crippen LogP contribution < -0.4 is 0 Å². The Morgan fingerprint density at radius 1 is 0.968 bits per heavy atom. The molecule has 31 heavy (non-hydrogen) atoms. The summed E-state index contributed by atoms with van der Waals surface area (Å²) in [6, 6.07) is 26.0. The van der Waals surface area contributed by atoms with Crippen LogP contribution in [0.3, 0.4) is 0 Å². The van der Waals surface area contributed by atoms with Crippen molar-refractivity contribution in [3.63, 3.8) is 0 Å². The van der Waals surface area contributed by atoms with Crippen molar-refractivity contribution in [3.05, 3.63) is 108 Å². The smallest absolute Gasteiger partial charge is 0.337 e. The molecule has 0 fully saturated rings. The van der Waals surface area contributed by atoms with Crippen LogP contribution in [0.25, 0.3) is 22.7 Å². The summed E-state index contributed by atoms with van der Waals surface area (Å²) < 4.78 is 12.8. The molecule has 4 aromatic rings. The van der Waals surface area contributed by atoms with Crippen LogP contribution >= 0.6 is 0 Å². The molecule has 0 amide bonds. The minimum Gasteiger partial charge on any atom is -0.465 e. The number of hydrogen-bond donors (Lipinski definition) is 0. The molecular weight excluding hydrogens is 386 g/mol. The van der Waals surface area contributed by atoms with Gasteiger partial charge < -0.3 is 14.0 Å². The molecule has 0 atom stereocenters. The van der Waals surface area contributed by atoms with Gasteiger partial charge in [0.15, 0.2) is 0 Å². The van der Waals surface area contributed by atoms with E-state index in [9.17, 15) is 4.79 Å². The van der Waals surface area contributed by atoms with Crippen molar-refractivity contribution in [1.29, 1.82) is 0 Å². The largest absolute Gasteiger partial charge is 0.465 e. The molecule has 1 heterocycles. The van der Waals surface area contributed by atoms with Crippen LogP contribution in [0.2, 0.25) is 0 Å². The van der Waals surface area contributed by atoms with E-state index in [1.165, 1.54) is 12.7 Å². The van der Waals surface area contributed by atoms with E-state index in [1.54, 1.807) is 6.07 Å². The molecule has 0 aliphatic heterocycles. The highest BCUT2D eigenvalue weighted by molar-refractivity contribution is 5.98. The predicted molar refractivity (Wildman–Crippen MR) is 124 cm³/mol. The third kappa shape index (κ3) is 4.93. The molecule has 0 aliphatic carbocycles. The molecule has 4 rings (SSSR count). The fourth-order valence-corrected chi connectivity index (χ4v) is 3.56. The number of rotatable bonds is 8. The SMILES string of the molecule is COC(=O)c1ccc2c(c1)c(/C=C/CCOCc1ccccc1)cn2-c1ccccc1. The molecule has 0 N–H and O–H groups in total. The van der Waals surface area contributed by atoms with Crippen LogP contribution in [-0.4, -0.2) is 24.3 Å². The Kier molecular flexibility index (Phi) is 6.60. The van der Waals surface area contributed by atoms with Gasteiger partial charge >= 0.3 is 5.97 Å². The lowest BCUT2D eigenvalue weighted by Gasteiger charge is -2.05. The van der Waals surface area contributed by atoms with Gasteiger partial charge in [0, 0.05) is 22.8 Å². The van der Waals surface area contributed by atoms with Gasteiger partial charge in [0.25, 0.3) is 0 Å². The summed E-state index contributed by atoms with van der Waals surface area (Å²) in [4.78, 5) is 12.0. The average Bonchev–Trinajstić information content (AvgIpc) is 3.20. The molecule has 1 aromatic heterocycles. The Morgan fingerprint density at radius 3 is 2.45 bits per heavy atom. The summed E-state index contributed by atoms with van der Waals surface area (Å²) in [5.41, 5.74) is 4.88. The van der Waals surface area contributed by atoms with Crippen molar-refractivity contribution in [1.82, 2.24) is 4.57 Å². The van der Waals surface area contributed by atoms with Crippen molar-refractivity contribution in [2.75, 3.05) is 13.7 Å². The summed E-state index contributed by atoms with van der Waals surface area (Å²) in [6.07, 6.45) is 7.11. The van der Waals surface area contributed by atoms with E-state index in [1.807, 2.05) is 48.5 Å². The number of methoxy groups -OCH3 is 1. The van der Waals surface area contributed by atoms with E-state index in [-0.39, 0.29) is 5.97 Å². The van der Waals surface area contributed by atoms with Gasteiger partial charge in [0.05, 0.1) is 31.4 Å². The predicted octanol–water partition coefficient (Wildman–Crippen LogP) is 6.04. The van der Waals surface area contributed by atoms with E-state index in [4.69, 9.17) is 9.47 Å². The van der Waals surface area contributed by atoms with E-state index >= 15 is 0 Å². The maximum atomic E-state index is 12.0. The zero-order chi connectivity index (χ0) is 21.5. The summed E-state index contributed by atoms with van der Waals surface area (Å²) in [5, 5.41) is 1.01. The number of aromatic nitrogens is 1. The van der Waals surface area contributed by atoms with Gasteiger partial charge in [-0.2, -0.15) is 0 Å². The third-order valence-corrected chi connectivity index (χ3v) is 5.13. The molecule has 0 spiro atoms. The van der Waals surface area contributed by atoms with Gasteiger partial charge in [-0.15, -0.1) is 0 Å². The van der Waals surface area contributed by atoms with Crippen molar-refractivity contribution in [2.45, 2.75) is 13.0 Å². The molecule has 3 aromatic carbocycles. The van der Waals surface area contributed by atoms with E-state index in [2.05, 4.69) is 47.2 Å². The maximum Gasteiger partial charge on any atom is 0.337 e. The first-order valence-corrected chi connectivity index (χ1v) is 10.3. The minimum atomic E-state index is -0.335. The van der Waals surface area contributed by atoms with Gasteiger partial charge in [-0.3, -0.25) is 0 Å². The summed E-state index contributed by atoms with van der Waals surface area (Å²) in [7, 11) is 1.40. The average molecular weight is 412 g/mol. The van der Waals surface area contributed by atoms with Gasteiger partial charge in [-0.1, -0.05) is 60.7 Å². The first-order chi connectivity index (χ1) is 15.3. The Balaban J connectivity index is 1.54. The number of para-hydroxylation sites is 1. The molecule has 0 saturated carbocycles. The number of benzene rings is 3. The highest BCUT2D eigenvalue weighted by Crippen LogP contribution is 2.27. The minimum absolute atomic E-state index is 0.335. The van der Waals surface area contributed by atoms with Gasteiger partial charge in [0.1, 0.15) is 0 Å². The van der Waals surface area contributed by atoms with Crippen molar-refractivity contribution < 1.29 is 14.3 Å². The number of hydrogen-bond acceptors (Lipinski definition) is 3. The topological polar surface area (TPSA) is 40.5 Å². The first-order valence-electron chi connectivity index (χ1n) is 10.3. The second-order valence-corrected chi connectivity index (χ2v) is 7.24. The summed E-state index contributed by atoms with van der Waals surface area (Å²) in [5.74, 6) is -0.335. The second-order valence-electron chi connectivity index (χ2n) is 7.24. The molecule has 0 aliphatic rings. The van der Waals surface area contributed by atoms with Crippen molar-refractivity contribution in [3.8, 4) is 5.69 Å². The zero-order valence-electron chi connectivity index (χ0n) is 17.5. The molecular formula is C27H25NO3. The van der Waals surface area contributed by atoms with E-state index in [0.717, 1.165) is 28.6 Å². The Morgan fingerprint density at radius 2 is 1.71 bits per heavy atom. The van der Waals surface area contributed by atoms with Gasteiger partial charge in [0.2, 0.25) is 0 Å². The molecule has 4 nitrogen and oxygen atoms in total. The lowest BCUT2D eigenvalue weighted by molar-refractivity contribution is 0.0601. The van der Waals surface area contributed by atoms with E-state index in [0.29, 0.717) is 18.8 Å².